The summed E-state index contributed by atoms with van der Waals surface area (Å²) in [5, 5.41) is 16.8. The fourth-order valence-corrected chi connectivity index (χ4v) is 4.02. The molecule has 1 aromatic heterocycles. The van der Waals surface area contributed by atoms with Crippen molar-refractivity contribution in [2.24, 2.45) is 11.8 Å². The molecular formula is C22H26N4O3. The number of carbonyl (C=O) groups excluding carboxylic acids is 1. The number of hydrogen-bond donors (Lipinski definition) is 2. The van der Waals surface area contributed by atoms with Crippen molar-refractivity contribution < 1.29 is 14.7 Å². The molecule has 7 heteroatoms. The van der Waals surface area contributed by atoms with E-state index in [2.05, 4.69) is 10.4 Å². The van der Waals surface area contributed by atoms with E-state index in [9.17, 15) is 14.7 Å². The van der Waals surface area contributed by atoms with E-state index in [1.54, 1.807) is 17.2 Å². The van der Waals surface area contributed by atoms with Crippen LogP contribution in [0.1, 0.15) is 53.9 Å². The predicted molar refractivity (Wildman–Crippen MR) is 108 cm³/mol. The number of rotatable bonds is 8. The first-order valence-electron chi connectivity index (χ1n) is 10.5. The van der Waals surface area contributed by atoms with E-state index >= 15 is 0 Å². The lowest BCUT2D eigenvalue weighted by molar-refractivity contribution is 0.102. The summed E-state index contributed by atoms with van der Waals surface area (Å²) in [4.78, 5) is 25.9. The van der Waals surface area contributed by atoms with Crippen molar-refractivity contribution in [3.8, 4) is 0 Å². The van der Waals surface area contributed by atoms with Crippen LogP contribution >= 0.6 is 0 Å². The summed E-state index contributed by atoms with van der Waals surface area (Å²) < 4.78 is 1.89. The van der Waals surface area contributed by atoms with Gasteiger partial charge in [-0.05, 0) is 61.6 Å². The maximum absolute atomic E-state index is 12.7. The molecule has 3 fully saturated rings. The van der Waals surface area contributed by atoms with Crippen molar-refractivity contribution in [1.29, 1.82) is 0 Å². The lowest BCUT2D eigenvalue weighted by Gasteiger charge is -2.19. The standard InChI is InChI=1S/C22H26N4O3/c27-21(24-18-10-23-25(13-18)11-14-4-5-14)17-3-1-2-16(8-17)19-9-20(19)26(22(28)29)12-15-6-7-15/h1-3,8,10,13-15,19-20H,4-7,9,11-12H2,(H,24,27)(H,28,29)/t19-,20+/m0/s1. The quantitative estimate of drug-likeness (QED) is 0.713. The predicted octanol–water partition coefficient (Wildman–Crippen LogP) is 3.79. The third-order valence-corrected chi connectivity index (χ3v) is 6.16. The largest absolute Gasteiger partial charge is 0.465 e. The van der Waals surface area contributed by atoms with Gasteiger partial charge < -0.3 is 15.3 Å². The third kappa shape index (κ3) is 4.28. The van der Waals surface area contributed by atoms with Gasteiger partial charge in [0.1, 0.15) is 0 Å². The number of amides is 2. The van der Waals surface area contributed by atoms with Gasteiger partial charge in [-0.3, -0.25) is 9.48 Å². The molecule has 2 aromatic rings. The number of benzene rings is 1. The van der Waals surface area contributed by atoms with Crippen molar-refractivity contribution in [1.82, 2.24) is 14.7 Å². The Hall–Kier alpha value is -2.83. The van der Waals surface area contributed by atoms with Crippen LogP contribution in [-0.2, 0) is 6.54 Å². The molecule has 29 heavy (non-hydrogen) atoms. The molecule has 7 nitrogen and oxygen atoms in total. The zero-order valence-corrected chi connectivity index (χ0v) is 16.3. The zero-order valence-electron chi connectivity index (χ0n) is 16.3. The van der Waals surface area contributed by atoms with Gasteiger partial charge in [-0.2, -0.15) is 5.10 Å². The molecule has 3 aliphatic rings. The lowest BCUT2D eigenvalue weighted by Crippen LogP contribution is -2.34. The van der Waals surface area contributed by atoms with Gasteiger partial charge in [0.05, 0.1) is 11.9 Å². The molecule has 1 heterocycles. The summed E-state index contributed by atoms with van der Waals surface area (Å²) in [5.74, 6) is 1.28. The van der Waals surface area contributed by atoms with Crippen LogP contribution in [0.4, 0.5) is 10.5 Å². The first-order valence-corrected chi connectivity index (χ1v) is 10.5. The highest BCUT2D eigenvalue weighted by Crippen LogP contribution is 2.46. The van der Waals surface area contributed by atoms with Crippen LogP contribution in [0.2, 0.25) is 0 Å². The molecule has 2 amide bonds. The molecule has 3 saturated carbocycles. The zero-order chi connectivity index (χ0) is 20.0. The van der Waals surface area contributed by atoms with Gasteiger partial charge in [-0.15, -0.1) is 0 Å². The number of aromatic nitrogens is 2. The maximum atomic E-state index is 12.7. The highest BCUT2D eigenvalue weighted by Gasteiger charge is 2.46. The Bertz CT molecular complexity index is 932. The topological polar surface area (TPSA) is 87.5 Å². The van der Waals surface area contributed by atoms with Crippen molar-refractivity contribution in [2.75, 3.05) is 11.9 Å². The van der Waals surface area contributed by atoms with Crippen LogP contribution in [0.15, 0.2) is 36.7 Å². The van der Waals surface area contributed by atoms with E-state index < -0.39 is 6.09 Å². The highest BCUT2D eigenvalue weighted by atomic mass is 16.4. The van der Waals surface area contributed by atoms with Crippen LogP contribution < -0.4 is 5.32 Å². The molecule has 0 unspecified atom stereocenters. The number of anilines is 1. The van der Waals surface area contributed by atoms with Gasteiger partial charge in [0.25, 0.3) is 5.91 Å². The number of hydrogen-bond acceptors (Lipinski definition) is 3. The van der Waals surface area contributed by atoms with Gasteiger partial charge in [0, 0.05) is 36.8 Å². The van der Waals surface area contributed by atoms with E-state index in [0.29, 0.717) is 23.7 Å². The Balaban J connectivity index is 1.23. The summed E-state index contributed by atoms with van der Waals surface area (Å²) in [7, 11) is 0. The molecule has 0 bridgehead atoms. The average Bonchev–Trinajstić information content (AvgIpc) is 3.57. The second kappa shape index (κ2) is 7.21. The maximum Gasteiger partial charge on any atom is 0.407 e. The van der Waals surface area contributed by atoms with Gasteiger partial charge in [0.2, 0.25) is 0 Å². The molecule has 3 aliphatic carbocycles. The molecule has 1 aromatic carbocycles. The van der Waals surface area contributed by atoms with Crippen LogP contribution in [0.25, 0.3) is 0 Å². The minimum atomic E-state index is -0.832. The number of carboxylic acid groups (broad SMARTS) is 1. The highest BCUT2D eigenvalue weighted by molar-refractivity contribution is 6.04. The smallest absolute Gasteiger partial charge is 0.407 e. The average molecular weight is 394 g/mol. The molecule has 0 aliphatic heterocycles. The molecule has 5 rings (SSSR count). The normalized spacial score (nSPS) is 22.9. The first kappa shape index (κ1) is 18.2. The minimum absolute atomic E-state index is 0.0343. The lowest BCUT2D eigenvalue weighted by atomic mass is 10.1. The monoisotopic (exact) mass is 394 g/mol. The third-order valence-electron chi connectivity index (χ3n) is 6.16. The van der Waals surface area contributed by atoms with E-state index in [0.717, 1.165) is 37.3 Å². The Labute approximate surface area is 169 Å². The van der Waals surface area contributed by atoms with E-state index in [1.807, 2.05) is 29.1 Å². The fraction of sp³-hybridized carbons (Fsp3) is 0.500. The van der Waals surface area contributed by atoms with Crippen molar-refractivity contribution in [3.05, 3.63) is 47.8 Å². The molecule has 2 N–H and O–H groups in total. The van der Waals surface area contributed by atoms with Gasteiger partial charge in [-0.25, -0.2) is 4.79 Å². The Kier molecular flexibility index (Phi) is 4.53. The number of nitrogens with one attached hydrogen (secondary N) is 1. The summed E-state index contributed by atoms with van der Waals surface area (Å²) >= 11 is 0. The van der Waals surface area contributed by atoms with Gasteiger partial charge >= 0.3 is 6.09 Å². The Morgan fingerprint density at radius 3 is 2.72 bits per heavy atom. The molecule has 0 spiro atoms. The summed E-state index contributed by atoms with van der Waals surface area (Å²) in [5.41, 5.74) is 2.33. The van der Waals surface area contributed by atoms with Crippen LogP contribution in [0, 0.1) is 11.8 Å². The molecule has 2 atom stereocenters. The number of carbonyl (C=O) groups is 2. The summed E-state index contributed by atoms with van der Waals surface area (Å²) in [6.45, 7) is 1.55. The summed E-state index contributed by atoms with van der Waals surface area (Å²) in [6, 6.07) is 7.59. The van der Waals surface area contributed by atoms with Gasteiger partial charge in [-0.1, -0.05) is 12.1 Å². The minimum Gasteiger partial charge on any atom is -0.465 e. The second-order valence-corrected chi connectivity index (χ2v) is 8.76. The van der Waals surface area contributed by atoms with Crippen molar-refractivity contribution >= 4 is 17.7 Å². The SMILES string of the molecule is O=C(Nc1cnn(CC2CC2)c1)c1cccc([C@@H]2C[C@H]2N(CC2CC2)C(=O)O)c1. The van der Waals surface area contributed by atoms with Gasteiger partial charge in [0.15, 0.2) is 0 Å². The second-order valence-electron chi connectivity index (χ2n) is 8.76. The Morgan fingerprint density at radius 2 is 2.00 bits per heavy atom. The van der Waals surface area contributed by atoms with E-state index in [1.165, 1.54) is 12.8 Å². The van der Waals surface area contributed by atoms with Crippen molar-refractivity contribution in [3.63, 3.8) is 0 Å². The van der Waals surface area contributed by atoms with Crippen molar-refractivity contribution in [2.45, 2.75) is 50.6 Å². The van der Waals surface area contributed by atoms with E-state index in [4.69, 9.17) is 0 Å². The Morgan fingerprint density at radius 1 is 1.21 bits per heavy atom. The fourth-order valence-electron chi connectivity index (χ4n) is 4.02. The molecule has 0 saturated heterocycles. The molecule has 152 valence electrons. The van der Waals surface area contributed by atoms with Crippen LogP contribution in [-0.4, -0.2) is 44.4 Å². The van der Waals surface area contributed by atoms with Crippen LogP contribution in [0.5, 0.6) is 0 Å². The first-order chi connectivity index (χ1) is 14.1. The number of nitrogens with zero attached hydrogens (tertiary/aromatic N) is 3. The molecule has 0 radical (unpaired) electrons. The van der Waals surface area contributed by atoms with Crippen LogP contribution in [0.3, 0.4) is 0 Å². The molecular weight excluding hydrogens is 368 g/mol. The van der Waals surface area contributed by atoms with E-state index in [-0.39, 0.29) is 17.9 Å². The summed E-state index contributed by atoms with van der Waals surface area (Å²) in [6.07, 6.45) is 8.35.